The van der Waals surface area contributed by atoms with Gasteiger partial charge >= 0.3 is 0 Å². The van der Waals surface area contributed by atoms with Crippen LogP contribution < -0.4 is 15.6 Å². The van der Waals surface area contributed by atoms with Gasteiger partial charge in [-0.15, -0.1) is 0 Å². The number of hydrogen-bond donors (Lipinski definition) is 2. The normalized spacial score (nSPS) is 15.1. The molecular weight excluding hydrogens is 412 g/mol. The number of fused-ring (bicyclic) bond motifs is 2. The van der Waals surface area contributed by atoms with Gasteiger partial charge in [0.25, 0.3) is 5.56 Å². The molecule has 0 radical (unpaired) electrons. The summed E-state index contributed by atoms with van der Waals surface area (Å²) in [6.07, 6.45) is 3.92. The molecule has 0 amide bonds. The Kier molecular flexibility index (Phi) is 5.09. The van der Waals surface area contributed by atoms with Gasteiger partial charge in [-0.2, -0.15) is 5.10 Å². The molecule has 1 aliphatic heterocycles. The predicted octanol–water partition coefficient (Wildman–Crippen LogP) is 3.22. The van der Waals surface area contributed by atoms with E-state index in [4.69, 9.17) is 9.72 Å². The van der Waals surface area contributed by atoms with E-state index in [1.807, 2.05) is 42.5 Å². The first-order chi connectivity index (χ1) is 15.2. The van der Waals surface area contributed by atoms with Crippen molar-refractivity contribution in [3.8, 4) is 5.75 Å². The van der Waals surface area contributed by atoms with Crippen molar-refractivity contribution in [2.45, 2.75) is 17.9 Å². The van der Waals surface area contributed by atoms with E-state index in [2.05, 4.69) is 25.3 Å². The summed E-state index contributed by atoms with van der Waals surface area (Å²) < 4.78 is 11.7. The van der Waals surface area contributed by atoms with Gasteiger partial charge in [-0.1, -0.05) is 36.4 Å². The fourth-order valence-electron chi connectivity index (χ4n) is 3.56. The average Bonchev–Trinajstić information content (AvgIpc) is 3.29. The Bertz CT molecular complexity index is 1370. The van der Waals surface area contributed by atoms with Crippen LogP contribution in [0, 0.1) is 0 Å². The summed E-state index contributed by atoms with van der Waals surface area (Å²) >= 11 is 0. The fourth-order valence-corrected chi connectivity index (χ4v) is 4.89. The summed E-state index contributed by atoms with van der Waals surface area (Å²) in [7, 11) is 1.08. The molecule has 0 fully saturated rings. The van der Waals surface area contributed by atoms with E-state index in [9.17, 15) is 4.79 Å². The smallest absolute Gasteiger partial charge is 0.265 e. The third-order valence-corrected chi connectivity index (χ3v) is 6.63. The second kappa shape index (κ2) is 8.19. The van der Waals surface area contributed by atoms with E-state index in [-0.39, 0.29) is 5.56 Å². The Hall–Kier alpha value is -3.72. The molecule has 0 saturated carbocycles. The quantitative estimate of drug-likeness (QED) is 0.472. The van der Waals surface area contributed by atoms with Crippen LogP contribution in [0.4, 0.5) is 5.82 Å². The van der Waals surface area contributed by atoms with Crippen molar-refractivity contribution < 1.29 is 4.74 Å². The highest BCUT2D eigenvalue weighted by Gasteiger charge is 2.16. The van der Waals surface area contributed by atoms with Gasteiger partial charge in [-0.3, -0.25) is 14.5 Å². The van der Waals surface area contributed by atoms with E-state index >= 15 is 0 Å². The van der Waals surface area contributed by atoms with E-state index in [1.54, 1.807) is 30.3 Å². The van der Waals surface area contributed by atoms with Gasteiger partial charge in [0.15, 0.2) is 0 Å². The minimum absolute atomic E-state index is 0.115. The Morgan fingerprint density at radius 3 is 2.87 bits per heavy atom. The molecule has 0 bridgehead atoms. The molecule has 2 aromatic heterocycles. The van der Waals surface area contributed by atoms with Crippen LogP contribution in [-0.2, 0) is 13.0 Å². The molecule has 1 unspecified atom stereocenters. The molecule has 156 valence electrons. The second-order valence-corrected chi connectivity index (χ2v) is 8.55. The molecule has 3 heterocycles. The first kappa shape index (κ1) is 19.3. The molecule has 0 aliphatic carbocycles. The third kappa shape index (κ3) is 3.64. The Labute approximate surface area is 180 Å². The number of nitrogens with zero attached hydrogens (tertiary/aromatic N) is 4. The lowest BCUT2D eigenvalue weighted by Crippen LogP contribution is -2.26. The molecule has 4 aromatic rings. The first-order valence-corrected chi connectivity index (χ1v) is 11.0. The van der Waals surface area contributed by atoms with Gasteiger partial charge in [0.2, 0.25) is 0 Å². The number of aromatic amines is 1. The van der Waals surface area contributed by atoms with Crippen molar-refractivity contribution in [1.29, 1.82) is 0 Å². The summed E-state index contributed by atoms with van der Waals surface area (Å²) in [5.41, 5.74) is 1.54. The molecule has 0 spiro atoms. The number of rotatable bonds is 5. The molecule has 1 aliphatic rings. The number of methoxy groups -OCH3 is 1. The zero-order valence-corrected chi connectivity index (χ0v) is 17.6. The van der Waals surface area contributed by atoms with Crippen LogP contribution >= 0.6 is 10.7 Å². The zero-order chi connectivity index (χ0) is 21.2. The fraction of sp³-hybridized carbons (Fsp3) is 0.136. The highest BCUT2D eigenvalue weighted by atomic mass is 32.2. The summed E-state index contributed by atoms with van der Waals surface area (Å²) in [5, 5.41) is 12.6. The monoisotopic (exact) mass is 432 g/mol. The molecule has 5 rings (SSSR count). The number of aromatic nitrogens is 4. The van der Waals surface area contributed by atoms with Gasteiger partial charge in [0.05, 0.1) is 30.3 Å². The SMILES string of the molecule is COc1cccc2nc(CC=S3N=CNc4[nH]ncc43)n(Cc3ccccc3)c(=O)c12. The van der Waals surface area contributed by atoms with Crippen molar-refractivity contribution in [1.82, 2.24) is 19.7 Å². The minimum atomic E-state index is -0.482. The van der Waals surface area contributed by atoms with E-state index in [1.165, 1.54) is 0 Å². The lowest BCUT2D eigenvalue weighted by molar-refractivity contribution is 0.419. The van der Waals surface area contributed by atoms with Crippen LogP contribution in [0.15, 0.2) is 68.8 Å². The van der Waals surface area contributed by atoms with Crippen molar-refractivity contribution in [3.05, 3.63) is 76.5 Å². The highest BCUT2D eigenvalue weighted by molar-refractivity contribution is 8.14. The number of ether oxygens (including phenoxy) is 1. The van der Waals surface area contributed by atoms with Gasteiger partial charge in [0.1, 0.15) is 29.1 Å². The zero-order valence-electron chi connectivity index (χ0n) is 16.8. The molecule has 2 aromatic carbocycles. The number of hydrogen-bond acceptors (Lipinski definition) is 6. The predicted molar refractivity (Wildman–Crippen MR) is 124 cm³/mol. The van der Waals surface area contributed by atoms with Crippen LogP contribution in [0.5, 0.6) is 5.75 Å². The summed E-state index contributed by atoms with van der Waals surface area (Å²) in [6, 6.07) is 15.4. The van der Waals surface area contributed by atoms with Crippen LogP contribution in [0.2, 0.25) is 0 Å². The molecule has 31 heavy (non-hydrogen) atoms. The minimum Gasteiger partial charge on any atom is -0.496 e. The Balaban J connectivity index is 1.63. The maximum atomic E-state index is 13.5. The standard InChI is InChI=1S/C22H20N6O2S/c1-30-17-9-5-8-16-20(17)22(29)28(13-15-6-3-2-4-7-15)19(26-16)10-11-31-18-12-24-27-21(18)23-14-25-31/h2-9,11-12,14H,10,13H2,1H3,(H2,23,24,25,27). The molecule has 0 saturated heterocycles. The number of H-pyrrole nitrogens is 1. The Morgan fingerprint density at radius 1 is 1.16 bits per heavy atom. The number of anilines is 1. The summed E-state index contributed by atoms with van der Waals surface area (Å²) in [6.45, 7) is 0.430. The van der Waals surface area contributed by atoms with Crippen LogP contribution in [0.3, 0.4) is 0 Å². The van der Waals surface area contributed by atoms with Gasteiger partial charge in [0, 0.05) is 6.42 Å². The second-order valence-electron chi connectivity index (χ2n) is 6.93. The van der Waals surface area contributed by atoms with Crippen molar-refractivity contribution >= 4 is 39.1 Å². The maximum Gasteiger partial charge on any atom is 0.265 e. The van der Waals surface area contributed by atoms with E-state index in [0.717, 1.165) is 16.3 Å². The lowest BCUT2D eigenvalue weighted by atomic mass is 10.2. The van der Waals surface area contributed by atoms with E-state index < -0.39 is 10.7 Å². The van der Waals surface area contributed by atoms with Crippen LogP contribution in [0.1, 0.15) is 11.4 Å². The number of nitrogens with one attached hydrogen (secondary N) is 2. The summed E-state index contributed by atoms with van der Waals surface area (Å²) in [5.74, 6) is 2.05. The topological polar surface area (TPSA) is 97.2 Å². The van der Waals surface area contributed by atoms with Crippen LogP contribution in [0.25, 0.3) is 10.9 Å². The van der Waals surface area contributed by atoms with E-state index in [0.29, 0.717) is 35.4 Å². The first-order valence-electron chi connectivity index (χ1n) is 9.74. The summed E-state index contributed by atoms with van der Waals surface area (Å²) in [4.78, 5) is 19.3. The average molecular weight is 433 g/mol. The van der Waals surface area contributed by atoms with Gasteiger partial charge in [-0.05, 0) is 33.7 Å². The lowest BCUT2D eigenvalue weighted by Gasteiger charge is -2.15. The molecule has 2 N–H and O–H groups in total. The van der Waals surface area contributed by atoms with Crippen molar-refractivity contribution in [2.75, 3.05) is 12.4 Å². The van der Waals surface area contributed by atoms with Gasteiger partial charge < -0.3 is 10.1 Å². The number of benzene rings is 2. The molecule has 8 nitrogen and oxygen atoms in total. The Morgan fingerprint density at radius 2 is 2.03 bits per heavy atom. The molecule has 1 atom stereocenters. The van der Waals surface area contributed by atoms with Crippen LogP contribution in [-0.4, -0.2) is 38.6 Å². The third-order valence-electron chi connectivity index (χ3n) is 5.06. The largest absolute Gasteiger partial charge is 0.496 e. The molecule has 9 heteroatoms. The van der Waals surface area contributed by atoms with Crippen molar-refractivity contribution in [2.24, 2.45) is 4.40 Å². The van der Waals surface area contributed by atoms with Crippen molar-refractivity contribution in [3.63, 3.8) is 0 Å². The maximum absolute atomic E-state index is 13.5. The highest BCUT2D eigenvalue weighted by Crippen LogP contribution is 2.34. The molecular formula is C22H20N6O2S. The van der Waals surface area contributed by atoms with Gasteiger partial charge in [-0.25, -0.2) is 9.38 Å².